The Balaban J connectivity index is 2.79. The fourth-order valence-corrected chi connectivity index (χ4v) is 3.23. The zero-order valence-corrected chi connectivity index (χ0v) is 14.9. The molecule has 0 aliphatic heterocycles. The van der Waals surface area contributed by atoms with E-state index in [-0.39, 0.29) is 11.8 Å². The van der Waals surface area contributed by atoms with Gasteiger partial charge in [0.05, 0.1) is 17.3 Å². The van der Waals surface area contributed by atoms with Crippen molar-refractivity contribution in [2.24, 2.45) is 17.6 Å². The first-order valence-corrected chi connectivity index (χ1v) is 8.07. The van der Waals surface area contributed by atoms with Crippen LogP contribution in [-0.2, 0) is 4.79 Å². The van der Waals surface area contributed by atoms with Gasteiger partial charge in [-0.1, -0.05) is 25.4 Å². The van der Waals surface area contributed by atoms with Gasteiger partial charge in [-0.2, -0.15) is 0 Å². The number of ether oxygens (including phenoxy) is 1. The lowest BCUT2D eigenvalue weighted by molar-refractivity contribution is -0.117. The van der Waals surface area contributed by atoms with Crippen LogP contribution in [0.3, 0.4) is 0 Å². The van der Waals surface area contributed by atoms with Crippen LogP contribution in [0.1, 0.15) is 26.7 Å². The SMILES string of the molecule is COc1c(Br)cc(Cl)cc1NC(=O)CC(CN)CC(C)C. The molecule has 0 heterocycles. The molecule has 1 unspecified atom stereocenters. The number of rotatable bonds is 7. The molecule has 0 radical (unpaired) electrons. The van der Waals surface area contributed by atoms with Crippen LogP contribution >= 0.6 is 27.5 Å². The Morgan fingerprint density at radius 1 is 1.48 bits per heavy atom. The van der Waals surface area contributed by atoms with E-state index in [2.05, 4.69) is 35.1 Å². The Kier molecular flexibility index (Phi) is 7.49. The minimum absolute atomic E-state index is 0.0847. The van der Waals surface area contributed by atoms with E-state index in [1.165, 1.54) is 0 Å². The van der Waals surface area contributed by atoms with Gasteiger partial charge in [-0.25, -0.2) is 0 Å². The maximum Gasteiger partial charge on any atom is 0.224 e. The van der Waals surface area contributed by atoms with Gasteiger partial charge in [0.1, 0.15) is 0 Å². The molecule has 21 heavy (non-hydrogen) atoms. The first-order valence-electron chi connectivity index (χ1n) is 6.90. The second-order valence-electron chi connectivity index (χ2n) is 5.45. The fourth-order valence-electron chi connectivity index (χ4n) is 2.25. The Hall–Kier alpha value is -0.780. The lowest BCUT2D eigenvalue weighted by Crippen LogP contribution is -2.23. The van der Waals surface area contributed by atoms with Crippen LogP contribution in [-0.4, -0.2) is 19.6 Å². The molecule has 1 atom stereocenters. The maximum absolute atomic E-state index is 12.2. The molecule has 0 aliphatic carbocycles. The number of carbonyl (C=O) groups excluding carboxylic acids is 1. The Morgan fingerprint density at radius 3 is 2.67 bits per heavy atom. The van der Waals surface area contributed by atoms with Crippen molar-refractivity contribution in [2.45, 2.75) is 26.7 Å². The summed E-state index contributed by atoms with van der Waals surface area (Å²) >= 11 is 9.37. The monoisotopic (exact) mass is 376 g/mol. The number of hydrogen-bond donors (Lipinski definition) is 2. The third-order valence-corrected chi connectivity index (χ3v) is 3.91. The number of carbonyl (C=O) groups is 1. The van der Waals surface area contributed by atoms with Gasteiger partial charge in [-0.3, -0.25) is 4.79 Å². The number of anilines is 1. The summed E-state index contributed by atoms with van der Waals surface area (Å²) in [6, 6.07) is 3.39. The van der Waals surface area contributed by atoms with E-state index in [9.17, 15) is 4.79 Å². The predicted molar refractivity (Wildman–Crippen MR) is 91.0 cm³/mol. The zero-order valence-electron chi connectivity index (χ0n) is 12.6. The third-order valence-electron chi connectivity index (χ3n) is 3.10. The van der Waals surface area contributed by atoms with Crippen molar-refractivity contribution in [3.05, 3.63) is 21.6 Å². The lowest BCUT2D eigenvalue weighted by Gasteiger charge is -2.17. The second kappa shape index (κ2) is 8.61. The van der Waals surface area contributed by atoms with Crippen molar-refractivity contribution >= 4 is 39.1 Å². The molecule has 1 aromatic rings. The molecule has 0 aliphatic rings. The number of nitrogens with two attached hydrogens (primary N) is 1. The quantitative estimate of drug-likeness (QED) is 0.753. The number of halogens is 2. The predicted octanol–water partition coefficient (Wildman–Crippen LogP) is 4.06. The lowest BCUT2D eigenvalue weighted by atomic mass is 9.94. The number of amides is 1. The van der Waals surface area contributed by atoms with Crippen molar-refractivity contribution in [2.75, 3.05) is 19.0 Å². The summed E-state index contributed by atoms with van der Waals surface area (Å²) in [6.07, 6.45) is 1.32. The first-order chi connectivity index (χ1) is 9.87. The molecule has 1 rings (SSSR count). The van der Waals surface area contributed by atoms with Gasteiger partial charge in [0.25, 0.3) is 0 Å². The average Bonchev–Trinajstić information content (AvgIpc) is 2.36. The van der Waals surface area contributed by atoms with Crippen LogP contribution in [0.2, 0.25) is 5.02 Å². The number of nitrogens with one attached hydrogen (secondary N) is 1. The van der Waals surface area contributed by atoms with E-state index >= 15 is 0 Å². The van der Waals surface area contributed by atoms with E-state index < -0.39 is 0 Å². The highest BCUT2D eigenvalue weighted by Gasteiger charge is 2.17. The minimum atomic E-state index is -0.0847. The van der Waals surface area contributed by atoms with Crippen LogP contribution in [0.4, 0.5) is 5.69 Å². The Bertz CT molecular complexity index is 495. The molecule has 118 valence electrons. The van der Waals surface area contributed by atoms with Crippen molar-refractivity contribution in [1.82, 2.24) is 0 Å². The molecule has 3 N–H and O–H groups in total. The first kappa shape index (κ1) is 18.3. The Morgan fingerprint density at radius 2 is 2.14 bits per heavy atom. The van der Waals surface area contributed by atoms with E-state index in [1.807, 2.05) is 0 Å². The molecular weight excluding hydrogens is 356 g/mol. The van der Waals surface area contributed by atoms with Gasteiger partial charge in [0, 0.05) is 11.4 Å². The summed E-state index contributed by atoms with van der Waals surface area (Å²) in [5.74, 6) is 1.17. The molecule has 1 amide bonds. The van der Waals surface area contributed by atoms with Crippen LogP contribution in [0.15, 0.2) is 16.6 Å². The van der Waals surface area contributed by atoms with Gasteiger partial charge >= 0.3 is 0 Å². The summed E-state index contributed by atoms with van der Waals surface area (Å²) in [5, 5.41) is 3.37. The van der Waals surface area contributed by atoms with E-state index in [0.29, 0.717) is 39.8 Å². The topological polar surface area (TPSA) is 64.3 Å². The summed E-state index contributed by atoms with van der Waals surface area (Å²) in [6.45, 7) is 4.75. The normalized spacial score (nSPS) is 12.3. The molecule has 0 bridgehead atoms. The average molecular weight is 378 g/mol. The highest BCUT2D eigenvalue weighted by molar-refractivity contribution is 9.10. The highest BCUT2D eigenvalue weighted by Crippen LogP contribution is 2.36. The van der Waals surface area contributed by atoms with Crippen molar-refractivity contribution in [3.8, 4) is 5.75 Å². The minimum Gasteiger partial charge on any atom is -0.493 e. The van der Waals surface area contributed by atoms with Gasteiger partial charge in [-0.05, 0) is 52.9 Å². The zero-order chi connectivity index (χ0) is 16.0. The van der Waals surface area contributed by atoms with Crippen LogP contribution in [0.25, 0.3) is 0 Å². The highest BCUT2D eigenvalue weighted by atomic mass is 79.9. The maximum atomic E-state index is 12.2. The largest absolute Gasteiger partial charge is 0.493 e. The molecule has 0 saturated heterocycles. The van der Waals surface area contributed by atoms with Crippen LogP contribution in [0, 0.1) is 11.8 Å². The fraction of sp³-hybridized carbons (Fsp3) is 0.533. The van der Waals surface area contributed by atoms with Crippen molar-refractivity contribution in [1.29, 1.82) is 0 Å². The van der Waals surface area contributed by atoms with Crippen molar-refractivity contribution in [3.63, 3.8) is 0 Å². The summed E-state index contributed by atoms with van der Waals surface area (Å²) in [7, 11) is 1.55. The number of hydrogen-bond acceptors (Lipinski definition) is 3. The molecule has 0 spiro atoms. The van der Waals surface area contributed by atoms with E-state index in [0.717, 1.165) is 6.42 Å². The third kappa shape index (κ3) is 5.85. The summed E-state index contributed by atoms with van der Waals surface area (Å²) < 4.78 is 5.98. The molecule has 4 nitrogen and oxygen atoms in total. The van der Waals surface area contributed by atoms with Gasteiger partial charge in [0.15, 0.2) is 5.75 Å². The summed E-state index contributed by atoms with van der Waals surface area (Å²) in [5.41, 5.74) is 6.29. The van der Waals surface area contributed by atoms with Gasteiger partial charge < -0.3 is 15.8 Å². The Labute approximate surface area is 139 Å². The molecule has 6 heteroatoms. The number of benzene rings is 1. The van der Waals surface area contributed by atoms with Crippen LogP contribution in [0.5, 0.6) is 5.75 Å². The molecule has 0 saturated carbocycles. The van der Waals surface area contributed by atoms with Gasteiger partial charge in [-0.15, -0.1) is 0 Å². The van der Waals surface area contributed by atoms with Crippen molar-refractivity contribution < 1.29 is 9.53 Å². The molecule has 0 fully saturated rings. The molecule has 1 aromatic carbocycles. The summed E-state index contributed by atoms with van der Waals surface area (Å²) in [4.78, 5) is 12.2. The van der Waals surface area contributed by atoms with E-state index in [4.69, 9.17) is 22.1 Å². The standard InChI is InChI=1S/C15H22BrClN2O2/c1-9(2)4-10(8-18)5-14(20)19-13-7-11(17)6-12(16)15(13)21-3/h6-7,9-10H,4-5,8,18H2,1-3H3,(H,19,20). The second-order valence-corrected chi connectivity index (χ2v) is 6.74. The number of methoxy groups -OCH3 is 1. The smallest absolute Gasteiger partial charge is 0.224 e. The van der Waals surface area contributed by atoms with E-state index in [1.54, 1.807) is 19.2 Å². The van der Waals surface area contributed by atoms with Gasteiger partial charge in [0.2, 0.25) is 5.91 Å². The molecule has 0 aromatic heterocycles. The molecular formula is C15H22BrClN2O2. The van der Waals surface area contributed by atoms with Crippen LogP contribution < -0.4 is 15.8 Å².